The number of hydrogen-bond acceptors (Lipinski definition) is 3. The van der Waals surface area contributed by atoms with Crippen molar-refractivity contribution in [1.82, 2.24) is 15.5 Å². The van der Waals surface area contributed by atoms with Crippen LogP contribution in [0.4, 0.5) is 5.69 Å². The second-order valence-electron chi connectivity index (χ2n) is 7.59. The fourth-order valence-electron chi connectivity index (χ4n) is 3.73. The van der Waals surface area contributed by atoms with Crippen LogP contribution < -0.4 is 10.2 Å². The Morgan fingerprint density at radius 2 is 1.71 bits per heavy atom. The van der Waals surface area contributed by atoms with Crippen LogP contribution in [0.2, 0.25) is 0 Å². The van der Waals surface area contributed by atoms with Gasteiger partial charge in [0.2, 0.25) is 5.91 Å². The van der Waals surface area contributed by atoms with Gasteiger partial charge >= 0.3 is 5.91 Å². The zero-order valence-electron chi connectivity index (χ0n) is 18.7. The molecule has 0 bridgehead atoms. The number of carbonyl (C=O) groups is 2. The van der Waals surface area contributed by atoms with E-state index in [0.29, 0.717) is 17.8 Å². The first-order valence-electron chi connectivity index (χ1n) is 10.9. The van der Waals surface area contributed by atoms with Crippen molar-refractivity contribution in [3.8, 4) is 23.1 Å². The quantitative estimate of drug-likeness (QED) is 0.409. The molecule has 2 N–H and O–H groups in total. The highest BCUT2D eigenvalue weighted by Gasteiger charge is 2.32. The number of hydrogen-bond donors (Lipinski definition) is 2. The summed E-state index contributed by atoms with van der Waals surface area (Å²) in [6.45, 7) is 1.95. The third-order valence-electron chi connectivity index (χ3n) is 5.32. The molecule has 3 aromatic carbocycles. The van der Waals surface area contributed by atoms with Gasteiger partial charge in [0.05, 0.1) is 5.69 Å². The summed E-state index contributed by atoms with van der Waals surface area (Å²) in [4.78, 5) is 28.3. The average molecular weight is 449 g/mol. The minimum atomic E-state index is -0.907. The molecule has 1 atom stereocenters. The first kappa shape index (κ1) is 22.6. The molecule has 0 saturated carbocycles. The number of aromatic amines is 1. The maximum Gasteiger partial charge on any atom is 0.303 e. The molecule has 0 radical (unpaired) electrons. The van der Waals surface area contributed by atoms with Crippen molar-refractivity contribution in [1.29, 1.82) is 0 Å². The third kappa shape index (κ3) is 5.22. The SMILES string of the molecule is CC#CC(=O)N(c1cccc(-c2ccn[nH]2)c1)C(C(=O)NCc1ccccc1)c1ccccc1. The number of amides is 2. The second-order valence-corrected chi connectivity index (χ2v) is 7.59. The van der Waals surface area contributed by atoms with Gasteiger partial charge in [0.25, 0.3) is 0 Å². The smallest absolute Gasteiger partial charge is 0.303 e. The Morgan fingerprint density at radius 3 is 2.38 bits per heavy atom. The van der Waals surface area contributed by atoms with Crippen LogP contribution in [0, 0.1) is 11.8 Å². The topological polar surface area (TPSA) is 78.1 Å². The van der Waals surface area contributed by atoms with Crippen molar-refractivity contribution in [2.45, 2.75) is 19.5 Å². The molecule has 0 aliphatic carbocycles. The molecule has 0 spiro atoms. The number of benzene rings is 3. The van der Waals surface area contributed by atoms with Gasteiger partial charge in [-0.15, -0.1) is 0 Å². The standard InChI is InChI=1S/C28H24N4O2/c1-2-10-26(33)32(24-16-9-15-23(19-24)25-17-18-30-31-25)27(22-13-7-4-8-14-22)28(34)29-20-21-11-5-3-6-12-21/h3-9,11-19,27H,20H2,1H3,(H,29,34)(H,30,31). The maximum atomic E-state index is 13.6. The van der Waals surface area contributed by atoms with Crippen LogP contribution in [0.3, 0.4) is 0 Å². The van der Waals surface area contributed by atoms with Gasteiger partial charge < -0.3 is 5.32 Å². The van der Waals surface area contributed by atoms with Crippen molar-refractivity contribution in [3.63, 3.8) is 0 Å². The molecule has 6 heteroatoms. The van der Waals surface area contributed by atoms with Gasteiger partial charge in [-0.1, -0.05) is 78.7 Å². The van der Waals surface area contributed by atoms with Crippen LogP contribution in [-0.4, -0.2) is 22.0 Å². The highest BCUT2D eigenvalue weighted by molar-refractivity contribution is 6.10. The molecule has 4 aromatic rings. The number of anilines is 1. The number of aromatic nitrogens is 2. The summed E-state index contributed by atoms with van der Waals surface area (Å²) < 4.78 is 0. The normalized spacial score (nSPS) is 11.1. The Morgan fingerprint density at radius 1 is 0.971 bits per heavy atom. The summed E-state index contributed by atoms with van der Waals surface area (Å²) in [7, 11) is 0. The van der Waals surface area contributed by atoms with Crippen LogP contribution in [0.15, 0.2) is 97.2 Å². The Bertz CT molecular complexity index is 1310. The van der Waals surface area contributed by atoms with Crippen LogP contribution in [0.5, 0.6) is 0 Å². The zero-order chi connectivity index (χ0) is 23.8. The number of nitrogens with one attached hydrogen (secondary N) is 2. The average Bonchev–Trinajstić information content (AvgIpc) is 3.42. The van der Waals surface area contributed by atoms with Crippen LogP contribution in [0.25, 0.3) is 11.3 Å². The van der Waals surface area contributed by atoms with Gasteiger partial charge in [-0.2, -0.15) is 5.10 Å². The van der Waals surface area contributed by atoms with Gasteiger partial charge in [0.1, 0.15) is 6.04 Å². The fraction of sp³-hybridized carbons (Fsp3) is 0.107. The Hall–Kier alpha value is -4.63. The number of carbonyl (C=O) groups excluding carboxylic acids is 2. The number of rotatable bonds is 7. The van der Waals surface area contributed by atoms with Gasteiger partial charge in [-0.05, 0) is 42.2 Å². The molecular weight excluding hydrogens is 424 g/mol. The molecule has 0 aliphatic rings. The van der Waals surface area contributed by atoms with E-state index in [9.17, 15) is 9.59 Å². The van der Waals surface area contributed by atoms with Crippen molar-refractivity contribution < 1.29 is 9.59 Å². The highest BCUT2D eigenvalue weighted by atomic mass is 16.2. The van der Waals surface area contributed by atoms with Gasteiger partial charge in [0, 0.05) is 24.0 Å². The van der Waals surface area contributed by atoms with Crippen LogP contribution in [0.1, 0.15) is 24.1 Å². The highest BCUT2D eigenvalue weighted by Crippen LogP contribution is 2.31. The molecular formula is C28H24N4O2. The molecule has 34 heavy (non-hydrogen) atoms. The van der Waals surface area contributed by atoms with E-state index in [1.165, 1.54) is 4.90 Å². The van der Waals surface area contributed by atoms with Crippen molar-refractivity contribution >= 4 is 17.5 Å². The molecule has 4 rings (SSSR count). The lowest BCUT2D eigenvalue weighted by molar-refractivity contribution is -0.125. The van der Waals surface area contributed by atoms with Crippen molar-refractivity contribution in [2.75, 3.05) is 4.90 Å². The summed E-state index contributed by atoms with van der Waals surface area (Å²) in [5.74, 6) is 4.53. The Balaban J connectivity index is 1.76. The molecule has 168 valence electrons. The summed E-state index contributed by atoms with van der Waals surface area (Å²) >= 11 is 0. The number of nitrogens with zero attached hydrogens (tertiary/aromatic N) is 2. The van der Waals surface area contributed by atoms with Gasteiger partial charge in [-0.25, -0.2) is 0 Å². The van der Waals surface area contributed by atoms with Crippen molar-refractivity contribution in [2.24, 2.45) is 0 Å². The number of H-pyrrole nitrogens is 1. The first-order chi connectivity index (χ1) is 16.7. The van der Waals surface area contributed by atoms with E-state index in [1.807, 2.05) is 84.9 Å². The third-order valence-corrected chi connectivity index (χ3v) is 5.32. The summed E-state index contributed by atoms with van der Waals surface area (Å²) in [5, 5.41) is 9.93. The van der Waals surface area contributed by atoms with Gasteiger partial charge in [0.15, 0.2) is 0 Å². The van der Waals surface area contributed by atoms with Gasteiger partial charge in [-0.3, -0.25) is 19.6 Å². The summed E-state index contributed by atoms with van der Waals surface area (Å²) in [5.41, 5.74) is 3.86. The van der Waals surface area contributed by atoms with E-state index in [-0.39, 0.29) is 5.91 Å². The largest absolute Gasteiger partial charge is 0.350 e. The van der Waals surface area contributed by atoms with E-state index < -0.39 is 11.9 Å². The molecule has 0 fully saturated rings. The maximum absolute atomic E-state index is 13.6. The Labute approximate surface area is 198 Å². The fourth-order valence-corrected chi connectivity index (χ4v) is 3.73. The molecule has 1 heterocycles. The molecule has 2 amide bonds. The van der Waals surface area contributed by atoms with E-state index in [0.717, 1.165) is 16.8 Å². The lowest BCUT2D eigenvalue weighted by atomic mass is 10.0. The lowest BCUT2D eigenvalue weighted by Crippen LogP contribution is -2.43. The minimum Gasteiger partial charge on any atom is -0.350 e. The molecule has 0 aliphatic heterocycles. The van der Waals surface area contributed by atoms with E-state index in [4.69, 9.17) is 0 Å². The molecule has 1 unspecified atom stereocenters. The predicted octanol–water partition coefficient (Wildman–Crippen LogP) is 4.49. The monoisotopic (exact) mass is 448 g/mol. The van der Waals surface area contributed by atoms with E-state index >= 15 is 0 Å². The lowest BCUT2D eigenvalue weighted by Gasteiger charge is -2.30. The zero-order valence-corrected chi connectivity index (χ0v) is 18.7. The predicted molar refractivity (Wildman–Crippen MR) is 132 cm³/mol. The van der Waals surface area contributed by atoms with E-state index in [2.05, 4.69) is 27.4 Å². The summed E-state index contributed by atoms with van der Waals surface area (Å²) in [6.07, 6.45) is 1.66. The summed E-state index contributed by atoms with van der Waals surface area (Å²) in [6, 6.07) is 27.2. The van der Waals surface area contributed by atoms with E-state index in [1.54, 1.807) is 19.2 Å². The minimum absolute atomic E-state index is 0.298. The Kier molecular flexibility index (Phi) is 7.16. The van der Waals surface area contributed by atoms with Crippen LogP contribution in [-0.2, 0) is 16.1 Å². The molecule has 1 aromatic heterocycles. The first-order valence-corrected chi connectivity index (χ1v) is 10.9. The molecule has 6 nitrogen and oxygen atoms in total. The van der Waals surface area contributed by atoms with Crippen molar-refractivity contribution in [3.05, 3.63) is 108 Å². The molecule has 0 saturated heterocycles. The van der Waals surface area contributed by atoms with Crippen LogP contribution >= 0.6 is 0 Å². The second kappa shape index (κ2) is 10.8.